The number of benzene rings is 1. The minimum atomic E-state index is -0.894. The third kappa shape index (κ3) is 5.39. The number of carbonyl (C=O) groups excluding carboxylic acids is 1. The third-order valence-electron chi connectivity index (χ3n) is 3.56. The van der Waals surface area contributed by atoms with Gasteiger partial charge in [0.25, 0.3) is 0 Å². The van der Waals surface area contributed by atoms with E-state index in [0.29, 0.717) is 18.1 Å². The van der Waals surface area contributed by atoms with E-state index in [1.54, 1.807) is 18.7 Å². The highest BCUT2D eigenvalue weighted by Crippen LogP contribution is 2.24. The molecular formula is C18H24N2O3S. The highest BCUT2D eigenvalue weighted by Gasteiger charge is 2.20. The number of nitrogens with one attached hydrogen (secondary N) is 1. The Kier molecular flexibility index (Phi) is 6.45. The van der Waals surface area contributed by atoms with Crippen molar-refractivity contribution < 1.29 is 14.3 Å². The first-order valence-electron chi connectivity index (χ1n) is 7.91. The van der Waals surface area contributed by atoms with E-state index in [9.17, 15) is 9.90 Å². The first-order valence-corrected chi connectivity index (χ1v) is 9.30. The van der Waals surface area contributed by atoms with Crippen molar-refractivity contribution in [3.8, 4) is 11.3 Å². The van der Waals surface area contributed by atoms with Crippen LogP contribution in [0.5, 0.6) is 0 Å². The van der Waals surface area contributed by atoms with Gasteiger partial charge in [0.15, 0.2) is 11.7 Å². The molecule has 0 aliphatic rings. The van der Waals surface area contributed by atoms with Crippen LogP contribution in [0.25, 0.3) is 11.3 Å². The van der Waals surface area contributed by atoms with Crippen LogP contribution in [-0.2, 0) is 11.2 Å². The highest BCUT2D eigenvalue weighted by molar-refractivity contribution is 7.98. The summed E-state index contributed by atoms with van der Waals surface area (Å²) >= 11 is 1.55. The molecule has 2 rings (SSSR count). The summed E-state index contributed by atoms with van der Waals surface area (Å²) in [6.45, 7) is 3.86. The Hall–Kier alpha value is -1.79. The van der Waals surface area contributed by atoms with Crippen LogP contribution >= 0.6 is 11.8 Å². The molecule has 0 radical (unpaired) electrons. The molecule has 2 N–H and O–H groups in total. The molecule has 0 aliphatic heterocycles. The molecule has 1 amide bonds. The number of nitrogens with zero attached hydrogens (tertiary/aromatic N) is 1. The smallest absolute Gasteiger partial charge is 0.220 e. The fourth-order valence-corrected chi connectivity index (χ4v) is 3.10. The molecule has 1 aromatic carbocycles. The zero-order valence-electron chi connectivity index (χ0n) is 14.3. The fraction of sp³-hybridized carbons (Fsp3) is 0.444. The standard InChI is InChI=1S/C18H24N2O3S/c1-13-17(14-7-5-4-6-8-14)23-16(20-13)10-9-15(21)19-11-18(2,22)12-24-3/h4-8,22H,9-12H2,1-3H3,(H,19,21). The molecule has 0 aliphatic carbocycles. The fourth-order valence-electron chi connectivity index (χ4n) is 2.38. The summed E-state index contributed by atoms with van der Waals surface area (Å²) < 4.78 is 5.79. The number of aromatic nitrogens is 1. The molecule has 2 aromatic rings. The van der Waals surface area contributed by atoms with Crippen molar-refractivity contribution in [2.45, 2.75) is 32.3 Å². The van der Waals surface area contributed by atoms with E-state index in [-0.39, 0.29) is 18.9 Å². The van der Waals surface area contributed by atoms with Gasteiger partial charge in [-0.2, -0.15) is 11.8 Å². The van der Waals surface area contributed by atoms with E-state index >= 15 is 0 Å². The Morgan fingerprint density at radius 1 is 1.38 bits per heavy atom. The Balaban J connectivity index is 1.88. The van der Waals surface area contributed by atoms with Gasteiger partial charge in [-0.1, -0.05) is 30.3 Å². The zero-order valence-corrected chi connectivity index (χ0v) is 15.2. The lowest BCUT2D eigenvalue weighted by atomic mass is 10.1. The zero-order chi connectivity index (χ0) is 17.6. The van der Waals surface area contributed by atoms with E-state index in [4.69, 9.17) is 4.42 Å². The molecule has 130 valence electrons. The molecule has 6 heteroatoms. The number of carbonyl (C=O) groups is 1. The van der Waals surface area contributed by atoms with Gasteiger partial charge < -0.3 is 14.8 Å². The van der Waals surface area contributed by atoms with Crippen molar-refractivity contribution in [2.24, 2.45) is 0 Å². The van der Waals surface area contributed by atoms with Gasteiger partial charge in [0, 0.05) is 30.7 Å². The van der Waals surface area contributed by atoms with Crippen LogP contribution in [-0.4, -0.2) is 40.2 Å². The summed E-state index contributed by atoms with van der Waals surface area (Å²) in [6.07, 6.45) is 2.64. The third-order valence-corrected chi connectivity index (χ3v) is 4.48. The molecule has 24 heavy (non-hydrogen) atoms. The molecule has 0 bridgehead atoms. The van der Waals surface area contributed by atoms with E-state index in [0.717, 1.165) is 17.0 Å². The number of aliphatic hydroxyl groups is 1. The second-order valence-corrected chi connectivity index (χ2v) is 6.96. The van der Waals surface area contributed by atoms with E-state index in [1.165, 1.54) is 0 Å². The van der Waals surface area contributed by atoms with Crippen molar-refractivity contribution >= 4 is 17.7 Å². The maximum absolute atomic E-state index is 11.9. The Bertz CT molecular complexity index is 668. The van der Waals surface area contributed by atoms with Gasteiger partial charge >= 0.3 is 0 Å². The Morgan fingerprint density at radius 2 is 2.08 bits per heavy atom. The number of oxazole rings is 1. The molecule has 0 fully saturated rings. The maximum Gasteiger partial charge on any atom is 0.220 e. The van der Waals surface area contributed by atoms with Gasteiger partial charge in [-0.25, -0.2) is 4.98 Å². The average Bonchev–Trinajstić information content (AvgIpc) is 2.93. The summed E-state index contributed by atoms with van der Waals surface area (Å²) in [5.74, 6) is 1.76. The lowest BCUT2D eigenvalue weighted by Gasteiger charge is -2.22. The first kappa shape index (κ1) is 18.5. The van der Waals surface area contributed by atoms with Crippen LogP contribution in [0.2, 0.25) is 0 Å². The van der Waals surface area contributed by atoms with Crippen LogP contribution in [0, 0.1) is 6.92 Å². The molecule has 1 atom stereocenters. The summed E-state index contributed by atoms with van der Waals surface area (Å²) in [7, 11) is 0. The summed E-state index contributed by atoms with van der Waals surface area (Å²) in [5, 5.41) is 12.8. The topological polar surface area (TPSA) is 75.4 Å². The normalized spacial score (nSPS) is 13.5. The van der Waals surface area contributed by atoms with E-state index in [1.807, 2.05) is 43.5 Å². The van der Waals surface area contributed by atoms with Crippen LogP contribution < -0.4 is 5.32 Å². The number of hydrogen-bond donors (Lipinski definition) is 2. The minimum Gasteiger partial charge on any atom is -0.440 e. The second-order valence-electron chi connectivity index (χ2n) is 6.09. The predicted octanol–water partition coefficient (Wildman–Crippen LogP) is 2.81. The van der Waals surface area contributed by atoms with Crippen molar-refractivity contribution in [1.82, 2.24) is 10.3 Å². The summed E-state index contributed by atoms with van der Waals surface area (Å²) in [6, 6.07) is 9.79. The van der Waals surface area contributed by atoms with Crippen molar-refractivity contribution in [1.29, 1.82) is 0 Å². The number of amides is 1. The number of aryl methyl sites for hydroxylation is 2. The molecule has 5 nitrogen and oxygen atoms in total. The van der Waals surface area contributed by atoms with Crippen LogP contribution in [0.4, 0.5) is 0 Å². The molecular weight excluding hydrogens is 324 g/mol. The minimum absolute atomic E-state index is 0.117. The molecule has 1 heterocycles. The number of thioether (sulfide) groups is 1. The van der Waals surface area contributed by atoms with Crippen LogP contribution in [0.3, 0.4) is 0 Å². The van der Waals surface area contributed by atoms with Gasteiger partial charge in [-0.3, -0.25) is 4.79 Å². The Morgan fingerprint density at radius 3 is 2.75 bits per heavy atom. The van der Waals surface area contributed by atoms with Crippen molar-refractivity contribution in [2.75, 3.05) is 18.6 Å². The van der Waals surface area contributed by atoms with Gasteiger partial charge in [0.05, 0.1) is 11.3 Å². The van der Waals surface area contributed by atoms with Gasteiger partial charge in [-0.05, 0) is 20.1 Å². The summed E-state index contributed by atoms with van der Waals surface area (Å²) in [5.41, 5.74) is 0.903. The maximum atomic E-state index is 11.9. The largest absolute Gasteiger partial charge is 0.440 e. The molecule has 0 spiro atoms. The molecule has 0 saturated heterocycles. The van der Waals surface area contributed by atoms with Gasteiger partial charge in [-0.15, -0.1) is 0 Å². The van der Waals surface area contributed by atoms with Crippen molar-refractivity contribution in [3.63, 3.8) is 0 Å². The highest BCUT2D eigenvalue weighted by atomic mass is 32.2. The van der Waals surface area contributed by atoms with E-state index < -0.39 is 5.60 Å². The average molecular weight is 348 g/mol. The van der Waals surface area contributed by atoms with Crippen LogP contribution in [0.15, 0.2) is 34.7 Å². The SMILES string of the molecule is CSCC(C)(O)CNC(=O)CCc1nc(C)c(-c2ccccc2)o1. The lowest BCUT2D eigenvalue weighted by molar-refractivity contribution is -0.122. The van der Waals surface area contributed by atoms with E-state index in [2.05, 4.69) is 10.3 Å². The van der Waals surface area contributed by atoms with Crippen molar-refractivity contribution in [3.05, 3.63) is 41.9 Å². The number of rotatable bonds is 8. The van der Waals surface area contributed by atoms with Gasteiger partial charge in [0.1, 0.15) is 0 Å². The molecule has 1 unspecified atom stereocenters. The second kappa shape index (κ2) is 8.35. The first-order chi connectivity index (χ1) is 11.4. The van der Waals surface area contributed by atoms with Crippen LogP contribution in [0.1, 0.15) is 24.9 Å². The quantitative estimate of drug-likeness (QED) is 0.767. The van der Waals surface area contributed by atoms with Gasteiger partial charge in [0.2, 0.25) is 5.91 Å². The lowest BCUT2D eigenvalue weighted by Crippen LogP contribution is -2.42. The Labute approximate surface area is 146 Å². The predicted molar refractivity (Wildman–Crippen MR) is 97.0 cm³/mol. The summed E-state index contributed by atoms with van der Waals surface area (Å²) in [4.78, 5) is 16.3. The number of hydrogen-bond acceptors (Lipinski definition) is 5. The molecule has 0 saturated carbocycles. The molecule has 1 aromatic heterocycles. The monoisotopic (exact) mass is 348 g/mol.